The van der Waals surface area contributed by atoms with Crippen LogP contribution in [0.4, 0.5) is 45.2 Å². The van der Waals surface area contributed by atoms with E-state index in [2.05, 4.69) is 4.74 Å². The first kappa shape index (κ1) is 26.7. The van der Waals surface area contributed by atoms with Gasteiger partial charge in [-0.25, -0.2) is 13.2 Å². The van der Waals surface area contributed by atoms with Crippen molar-refractivity contribution < 1.29 is 54.1 Å². The van der Waals surface area contributed by atoms with Crippen LogP contribution in [0.15, 0.2) is 54.3 Å². The number of ether oxygens (including phenoxy) is 2. The second kappa shape index (κ2) is 9.84. The second-order valence-corrected chi connectivity index (χ2v) is 8.41. The van der Waals surface area contributed by atoms with Crippen molar-refractivity contribution in [1.82, 2.24) is 0 Å². The SMILES string of the molecule is O[C@@H](CN1c2cccc(-c3cc(F)c(F)c(F)c3)c2OC[C@@H]1C1C=C(OC(F)(F)F)C=CC1)C(F)(F)F. The molecule has 0 bridgehead atoms. The lowest BCUT2D eigenvalue weighted by atomic mass is 9.89. The molecule has 1 N–H and O–H groups in total. The monoisotopic (exact) mass is 539 g/mol. The van der Waals surface area contributed by atoms with Crippen molar-refractivity contribution in [2.24, 2.45) is 5.92 Å². The Morgan fingerprint density at radius 2 is 1.73 bits per heavy atom. The quantitative estimate of drug-likeness (QED) is 0.360. The maximum atomic E-state index is 13.9. The number of anilines is 1. The van der Waals surface area contributed by atoms with Gasteiger partial charge in [0, 0.05) is 11.5 Å². The van der Waals surface area contributed by atoms with Crippen LogP contribution < -0.4 is 9.64 Å². The molecule has 0 fully saturated rings. The lowest BCUT2D eigenvalue weighted by molar-refractivity contribution is -0.303. The van der Waals surface area contributed by atoms with Gasteiger partial charge in [-0.1, -0.05) is 18.2 Å². The summed E-state index contributed by atoms with van der Waals surface area (Å²) in [6.07, 6.45) is -9.17. The summed E-state index contributed by atoms with van der Waals surface area (Å²) in [6, 6.07) is 4.42. The van der Waals surface area contributed by atoms with E-state index in [1.54, 1.807) is 0 Å². The Labute approximate surface area is 204 Å². The molecule has 2 aromatic rings. The van der Waals surface area contributed by atoms with Gasteiger partial charge in [0.1, 0.15) is 12.4 Å². The molecule has 0 saturated heterocycles. The fraction of sp³-hybridized carbons (Fsp3) is 0.333. The third kappa shape index (κ3) is 5.81. The van der Waals surface area contributed by atoms with Crippen LogP contribution in [0.3, 0.4) is 0 Å². The maximum Gasteiger partial charge on any atom is 0.573 e. The summed E-state index contributed by atoms with van der Waals surface area (Å²) in [4.78, 5) is 1.13. The van der Waals surface area contributed by atoms with Gasteiger partial charge >= 0.3 is 12.5 Å². The summed E-state index contributed by atoms with van der Waals surface area (Å²) >= 11 is 0. The number of para-hydroxylation sites is 1. The zero-order valence-corrected chi connectivity index (χ0v) is 18.6. The Bertz CT molecular complexity index is 1200. The van der Waals surface area contributed by atoms with Crippen molar-refractivity contribution in [2.45, 2.75) is 31.1 Å². The molecular weight excluding hydrogens is 521 g/mol. The molecule has 1 heterocycles. The average Bonchev–Trinajstić information content (AvgIpc) is 2.80. The summed E-state index contributed by atoms with van der Waals surface area (Å²) in [5.41, 5.74) is -0.145. The zero-order chi connectivity index (χ0) is 27.1. The summed E-state index contributed by atoms with van der Waals surface area (Å²) < 4.78 is 129. The highest BCUT2D eigenvalue weighted by Crippen LogP contribution is 2.45. The van der Waals surface area contributed by atoms with Gasteiger partial charge < -0.3 is 19.5 Å². The molecule has 2 aromatic carbocycles. The number of hydrogen-bond donors (Lipinski definition) is 1. The summed E-state index contributed by atoms with van der Waals surface area (Å²) in [6.45, 7) is -1.36. The predicted octanol–water partition coefficient (Wildman–Crippen LogP) is 6.26. The van der Waals surface area contributed by atoms with Crippen LogP contribution in [-0.2, 0) is 4.74 Å². The highest BCUT2D eigenvalue weighted by Gasteiger charge is 2.43. The van der Waals surface area contributed by atoms with E-state index >= 15 is 0 Å². The topological polar surface area (TPSA) is 41.9 Å². The molecule has 1 aliphatic carbocycles. The Morgan fingerprint density at radius 1 is 1.05 bits per heavy atom. The van der Waals surface area contributed by atoms with Gasteiger partial charge in [0.15, 0.2) is 29.3 Å². The van der Waals surface area contributed by atoms with Gasteiger partial charge in [0.25, 0.3) is 0 Å². The van der Waals surface area contributed by atoms with E-state index in [1.165, 1.54) is 24.3 Å². The van der Waals surface area contributed by atoms with Crippen LogP contribution >= 0.6 is 0 Å². The van der Waals surface area contributed by atoms with Crippen molar-refractivity contribution in [3.8, 4) is 16.9 Å². The standard InChI is InChI=1S/C24H18F9NO3/c25-16-8-13(9-17(26)21(16)27)15-5-2-6-18-22(15)36-11-19(34(18)10-20(35)23(28,29)30)12-3-1-4-14(7-12)37-24(31,32)33/h1-2,4-9,12,19-20,35H,3,10-11H2/t12?,19-,20+/m1/s1. The number of alkyl halides is 6. The average molecular weight is 539 g/mol. The van der Waals surface area contributed by atoms with Crippen LogP contribution in [0.2, 0.25) is 0 Å². The van der Waals surface area contributed by atoms with E-state index in [0.29, 0.717) is 12.1 Å². The van der Waals surface area contributed by atoms with Gasteiger partial charge in [-0.05, 0) is 42.3 Å². The number of benzene rings is 2. The number of rotatable bonds is 5. The van der Waals surface area contributed by atoms with Crippen molar-refractivity contribution in [3.05, 3.63) is 71.8 Å². The molecule has 3 atom stereocenters. The van der Waals surface area contributed by atoms with Crippen molar-refractivity contribution in [1.29, 1.82) is 0 Å². The first-order chi connectivity index (χ1) is 17.2. The molecule has 0 radical (unpaired) electrons. The summed E-state index contributed by atoms with van der Waals surface area (Å²) in [5, 5.41) is 9.82. The number of aliphatic hydroxyl groups is 1. The van der Waals surface area contributed by atoms with Crippen LogP contribution in [-0.4, -0.2) is 42.9 Å². The number of nitrogens with zero attached hydrogens (tertiary/aromatic N) is 1. The Kier molecular flexibility index (Phi) is 7.10. The smallest absolute Gasteiger partial charge is 0.489 e. The van der Waals surface area contributed by atoms with Gasteiger partial charge in [-0.15, -0.1) is 13.2 Å². The van der Waals surface area contributed by atoms with E-state index in [-0.39, 0.29) is 35.6 Å². The van der Waals surface area contributed by atoms with Gasteiger partial charge in [0.05, 0.1) is 18.3 Å². The summed E-state index contributed by atoms with van der Waals surface area (Å²) in [7, 11) is 0. The van der Waals surface area contributed by atoms with Crippen molar-refractivity contribution >= 4 is 5.69 Å². The van der Waals surface area contributed by atoms with E-state index in [9.17, 15) is 44.6 Å². The van der Waals surface area contributed by atoms with Crippen molar-refractivity contribution in [2.75, 3.05) is 18.1 Å². The first-order valence-electron chi connectivity index (χ1n) is 10.8. The minimum absolute atomic E-state index is 0.0107. The Hall–Kier alpha value is -3.35. The van der Waals surface area contributed by atoms with E-state index in [4.69, 9.17) is 4.74 Å². The molecule has 0 saturated carbocycles. The lowest BCUT2D eigenvalue weighted by Gasteiger charge is -2.43. The summed E-state index contributed by atoms with van der Waals surface area (Å²) in [5.74, 6) is -6.18. The molecule has 0 aromatic heterocycles. The molecule has 0 spiro atoms. The fourth-order valence-corrected chi connectivity index (χ4v) is 4.30. The third-order valence-electron chi connectivity index (χ3n) is 5.94. The minimum Gasteiger partial charge on any atom is -0.489 e. The highest BCUT2D eigenvalue weighted by atomic mass is 19.4. The van der Waals surface area contributed by atoms with E-state index < -0.39 is 60.4 Å². The Morgan fingerprint density at radius 3 is 2.35 bits per heavy atom. The molecule has 4 nitrogen and oxygen atoms in total. The molecule has 1 aliphatic heterocycles. The molecule has 37 heavy (non-hydrogen) atoms. The number of allylic oxidation sites excluding steroid dienone is 2. The molecule has 200 valence electrons. The fourth-order valence-electron chi connectivity index (χ4n) is 4.30. The minimum atomic E-state index is -5.02. The first-order valence-corrected chi connectivity index (χ1v) is 10.8. The number of halogens is 9. The van der Waals surface area contributed by atoms with E-state index in [0.717, 1.165) is 17.1 Å². The maximum absolute atomic E-state index is 13.9. The molecular formula is C24H18F9NO3. The van der Waals surface area contributed by atoms with Crippen LogP contribution in [0.25, 0.3) is 11.1 Å². The predicted molar refractivity (Wildman–Crippen MR) is 113 cm³/mol. The molecule has 4 rings (SSSR count). The van der Waals surface area contributed by atoms with Gasteiger partial charge in [-0.2, -0.15) is 13.2 Å². The Balaban J connectivity index is 1.76. The van der Waals surface area contributed by atoms with Crippen molar-refractivity contribution in [3.63, 3.8) is 0 Å². The number of aliphatic hydroxyl groups excluding tert-OH is 1. The normalized spacial score (nSPS) is 20.7. The lowest BCUT2D eigenvalue weighted by Crippen LogP contribution is -2.52. The van der Waals surface area contributed by atoms with Crippen LogP contribution in [0.1, 0.15) is 6.42 Å². The number of hydrogen-bond acceptors (Lipinski definition) is 4. The molecule has 1 unspecified atom stereocenters. The van der Waals surface area contributed by atoms with Gasteiger partial charge in [0.2, 0.25) is 0 Å². The third-order valence-corrected chi connectivity index (χ3v) is 5.94. The largest absolute Gasteiger partial charge is 0.573 e. The molecule has 2 aliphatic rings. The molecule has 0 amide bonds. The van der Waals surface area contributed by atoms with Crippen LogP contribution in [0.5, 0.6) is 5.75 Å². The second-order valence-electron chi connectivity index (χ2n) is 8.41. The number of fused-ring (bicyclic) bond motifs is 1. The zero-order valence-electron chi connectivity index (χ0n) is 18.6. The number of β-amino-alcohol motifs (C(OH)–C–C–N with tert-alkyl or cyclic N) is 1. The highest BCUT2D eigenvalue weighted by molar-refractivity contribution is 5.80. The molecule has 13 heteroatoms. The van der Waals surface area contributed by atoms with Gasteiger partial charge in [-0.3, -0.25) is 0 Å². The van der Waals surface area contributed by atoms with Crippen LogP contribution in [0, 0.1) is 23.4 Å². The van der Waals surface area contributed by atoms with E-state index in [1.807, 2.05) is 0 Å².